The summed E-state index contributed by atoms with van der Waals surface area (Å²) < 4.78 is 26.4. The van der Waals surface area contributed by atoms with Crippen LogP contribution in [0.5, 0.6) is 0 Å². The van der Waals surface area contributed by atoms with Crippen molar-refractivity contribution in [3.63, 3.8) is 0 Å². The molecule has 0 atom stereocenters. The lowest BCUT2D eigenvalue weighted by molar-refractivity contribution is -0.130. The summed E-state index contributed by atoms with van der Waals surface area (Å²) in [6, 6.07) is 4.69. The molecule has 1 amide bonds. The zero-order valence-electron chi connectivity index (χ0n) is 15.7. The molecular weight excluding hydrogens is 320 g/mol. The van der Waals surface area contributed by atoms with Crippen molar-refractivity contribution >= 4 is 24.2 Å². The van der Waals surface area contributed by atoms with Gasteiger partial charge in [-0.25, -0.2) is 4.39 Å². The first-order valence-electron chi connectivity index (χ1n) is 9.07. The molecule has 1 aliphatic heterocycles. The summed E-state index contributed by atoms with van der Waals surface area (Å²) in [5.74, 6) is -0.445. The second-order valence-electron chi connectivity index (χ2n) is 8.27. The molecule has 2 aliphatic rings. The molecule has 0 aromatic heterocycles. The number of halogens is 1. The average molecular weight is 347 g/mol. The van der Waals surface area contributed by atoms with Gasteiger partial charge in [0, 0.05) is 16.6 Å². The van der Waals surface area contributed by atoms with E-state index in [0.29, 0.717) is 11.2 Å². The largest absolute Gasteiger partial charge is 0.497 e. The monoisotopic (exact) mass is 347 g/mol. The summed E-state index contributed by atoms with van der Waals surface area (Å²) in [7, 11) is -0.747. The van der Waals surface area contributed by atoms with Crippen LogP contribution in [0.25, 0.3) is 0 Å². The average Bonchev–Trinajstić information content (AvgIpc) is 2.66. The van der Waals surface area contributed by atoms with E-state index in [-0.39, 0.29) is 11.3 Å². The highest BCUT2D eigenvalue weighted by molar-refractivity contribution is 6.62. The van der Waals surface area contributed by atoms with Gasteiger partial charge in [0.2, 0.25) is 5.91 Å². The lowest BCUT2D eigenvalue weighted by Gasteiger charge is -2.39. The van der Waals surface area contributed by atoms with Gasteiger partial charge < -0.3 is 14.6 Å². The Kier molecular flexibility index (Phi) is 4.49. The van der Waals surface area contributed by atoms with Gasteiger partial charge in [0.1, 0.15) is 5.82 Å². The van der Waals surface area contributed by atoms with E-state index in [2.05, 4.69) is 5.32 Å². The number of carbonyl (C=O) groups excluding carboxylic acids is 1. The second-order valence-corrected chi connectivity index (χ2v) is 8.27. The van der Waals surface area contributed by atoms with E-state index in [1.807, 2.05) is 34.6 Å². The Morgan fingerprint density at radius 2 is 1.80 bits per heavy atom. The van der Waals surface area contributed by atoms with Crippen LogP contribution in [0.2, 0.25) is 0 Å². The number of hydrogen-bond donors (Lipinski definition) is 1. The topological polar surface area (TPSA) is 47.6 Å². The van der Waals surface area contributed by atoms with Crippen LogP contribution in [0.4, 0.5) is 10.1 Å². The predicted octanol–water partition coefficient (Wildman–Crippen LogP) is 3.64. The van der Waals surface area contributed by atoms with Gasteiger partial charge in [-0.2, -0.15) is 0 Å². The summed E-state index contributed by atoms with van der Waals surface area (Å²) in [6.07, 6.45) is 3.71. The van der Waals surface area contributed by atoms with Gasteiger partial charge in [-0.1, -0.05) is 19.4 Å². The van der Waals surface area contributed by atoms with Crippen molar-refractivity contribution < 1.29 is 18.5 Å². The first-order chi connectivity index (χ1) is 11.6. The van der Waals surface area contributed by atoms with E-state index < -0.39 is 24.1 Å². The highest BCUT2D eigenvalue weighted by atomic mass is 19.1. The minimum absolute atomic E-state index is 0.0102. The van der Waals surface area contributed by atoms with Crippen LogP contribution in [0.3, 0.4) is 0 Å². The van der Waals surface area contributed by atoms with Gasteiger partial charge >= 0.3 is 7.12 Å². The Morgan fingerprint density at radius 3 is 2.24 bits per heavy atom. The van der Waals surface area contributed by atoms with E-state index in [9.17, 15) is 9.18 Å². The Bertz CT molecular complexity index is 664. The quantitative estimate of drug-likeness (QED) is 0.846. The third kappa shape index (κ3) is 3.10. The third-order valence-corrected chi connectivity index (χ3v) is 6.23. The molecule has 1 saturated carbocycles. The molecule has 136 valence electrons. The highest BCUT2D eigenvalue weighted by Gasteiger charge is 2.52. The van der Waals surface area contributed by atoms with E-state index in [1.54, 1.807) is 12.1 Å². The van der Waals surface area contributed by atoms with E-state index >= 15 is 0 Å². The molecule has 25 heavy (non-hydrogen) atoms. The van der Waals surface area contributed by atoms with Crippen LogP contribution in [-0.4, -0.2) is 24.2 Å². The molecule has 0 radical (unpaired) electrons. The van der Waals surface area contributed by atoms with Crippen LogP contribution in [-0.2, 0) is 14.1 Å². The molecular formula is C19H27BFNO3. The fraction of sp³-hybridized carbons (Fsp3) is 0.632. The zero-order chi connectivity index (χ0) is 18.5. The number of nitrogens with one attached hydrogen (secondary N) is 1. The summed E-state index contributed by atoms with van der Waals surface area (Å²) in [4.78, 5) is 12.5. The number of anilines is 1. The Hall–Kier alpha value is -1.40. The van der Waals surface area contributed by atoms with Crippen molar-refractivity contribution in [1.82, 2.24) is 0 Å². The van der Waals surface area contributed by atoms with Gasteiger partial charge in [0.15, 0.2) is 0 Å². The van der Waals surface area contributed by atoms with Crippen LogP contribution < -0.4 is 10.8 Å². The van der Waals surface area contributed by atoms with Crippen LogP contribution in [0, 0.1) is 11.2 Å². The lowest BCUT2D eigenvalue weighted by Crippen LogP contribution is -2.41. The number of benzene rings is 1. The second kappa shape index (κ2) is 6.10. The molecule has 1 aromatic carbocycles. The maximum Gasteiger partial charge on any atom is 0.497 e. The normalized spacial score (nSPS) is 23.2. The van der Waals surface area contributed by atoms with Crippen molar-refractivity contribution in [2.45, 2.75) is 71.5 Å². The minimum atomic E-state index is -0.747. The summed E-state index contributed by atoms with van der Waals surface area (Å²) in [5.41, 5.74) is -0.488. The van der Waals surface area contributed by atoms with Crippen molar-refractivity contribution in [1.29, 1.82) is 0 Å². The Labute approximate surface area is 149 Å². The molecule has 1 saturated heterocycles. The molecule has 4 nitrogen and oxygen atoms in total. The zero-order valence-corrected chi connectivity index (χ0v) is 15.7. The summed E-state index contributed by atoms with van der Waals surface area (Å²) in [5, 5.41) is 2.87. The first kappa shape index (κ1) is 18.4. The van der Waals surface area contributed by atoms with E-state index in [1.165, 1.54) is 6.07 Å². The fourth-order valence-corrected chi connectivity index (χ4v) is 3.37. The molecule has 1 aliphatic carbocycles. The molecule has 1 heterocycles. The van der Waals surface area contributed by atoms with Gasteiger partial charge in [-0.3, -0.25) is 4.79 Å². The molecule has 0 spiro atoms. The molecule has 6 heteroatoms. The van der Waals surface area contributed by atoms with Gasteiger partial charge in [-0.05, 0) is 59.1 Å². The van der Waals surface area contributed by atoms with Crippen molar-refractivity contribution in [3.8, 4) is 0 Å². The smallest absolute Gasteiger partial charge is 0.399 e. The first-order valence-corrected chi connectivity index (χ1v) is 9.07. The number of amides is 1. The molecule has 0 bridgehead atoms. The maximum atomic E-state index is 14.6. The van der Waals surface area contributed by atoms with E-state index in [0.717, 1.165) is 25.7 Å². The van der Waals surface area contributed by atoms with Gasteiger partial charge in [0.05, 0.1) is 11.2 Å². The fourth-order valence-electron chi connectivity index (χ4n) is 3.37. The molecule has 1 N–H and O–H groups in total. The Morgan fingerprint density at radius 1 is 1.20 bits per heavy atom. The SMILES string of the molecule is CCC1(C(=O)Nc2ccc(B3OC(C)(C)C(C)(C)O3)c(F)c2)CCC1. The number of rotatable bonds is 4. The number of carbonyl (C=O) groups is 1. The number of hydrogen-bond acceptors (Lipinski definition) is 3. The van der Waals surface area contributed by atoms with Crippen molar-refractivity contribution in [2.24, 2.45) is 5.41 Å². The summed E-state index contributed by atoms with van der Waals surface area (Å²) in [6.45, 7) is 9.76. The van der Waals surface area contributed by atoms with Crippen LogP contribution >= 0.6 is 0 Å². The standard InChI is InChI=1S/C19H27BFNO3/c1-6-19(10-7-11-19)16(23)22-13-8-9-14(15(21)12-13)20-24-17(2,3)18(4,5)25-20/h8-9,12H,6-7,10-11H2,1-5H3,(H,22,23). The third-order valence-electron chi connectivity index (χ3n) is 6.23. The van der Waals surface area contributed by atoms with Crippen molar-refractivity contribution in [2.75, 3.05) is 5.32 Å². The minimum Gasteiger partial charge on any atom is -0.399 e. The van der Waals surface area contributed by atoms with E-state index in [4.69, 9.17) is 9.31 Å². The van der Waals surface area contributed by atoms with Gasteiger partial charge in [0.25, 0.3) is 0 Å². The van der Waals surface area contributed by atoms with Gasteiger partial charge in [-0.15, -0.1) is 0 Å². The molecule has 2 fully saturated rings. The van der Waals surface area contributed by atoms with Crippen LogP contribution in [0.1, 0.15) is 60.3 Å². The molecule has 1 aromatic rings. The summed E-state index contributed by atoms with van der Waals surface area (Å²) >= 11 is 0. The van der Waals surface area contributed by atoms with Crippen LogP contribution in [0.15, 0.2) is 18.2 Å². The molecule has 0 unspecified atom stereocenters. The highest BCUT2D eigenvalue weighted by Crippen LogP contribution is 2.44. The maximum absolute atomic E-state index is 14.6. The lowest BCUT2D eigenvalue weighted by atomic mass is 9.66. The predicted molar refractivity (Wildman–Crippen MR) is 97.3 cm³/mol. The molecule has 3 rings (SSSR count). The van der Waals surface area contributed by atoms with Crippen molar-refractivity contribution in [3.05, 3.63) is 24.0 Å². The Balaban J connectivity index is 1.75.